The summed E-state index contributed by atoms with van der Waals surface area (Å²) < 4.78 is 0. The quantitative estimate of drug-likeness (QED) is 0.389. The molecule has 1 aliphatic heterocycles. The molecule has 4 rings (SSSR count). The highest BCUT2D eigenvalue weighted by Crippen LogP contribution is 2.22. The van der Waals surface area contributed by atoms with Crippen molar-refractivity contribution in [2.24, 2.45) is 0 Å². The predicted octanol–water partition coefficient (Wildman–Crippen LogP) is 6.02. The lowest BCUT2D eigenvalue weighted by atomic mass is 10.1. The maximum absolute atomic E-state index is 12.6. The average Bonchev–Trinajstić information content (AvgIpc) is 2.86. The Balaban J connectivity index is 1.28. The highest BCUT2D eigenvalue weighted by Gasteiger charge is 2.14. The van der Waals surface area contributed by atoms with E-state index in [0.717, 1.165) is 24.5 Å². The number of hydrogen-bond acceptors (Lipinski definition) is 4. The van der Waals surface area contributed by atoms with E-state index in [0.29, 0.717) is 16.3 Å². The summed E-state index contributed by atoms with van der Waals surface area (Å²) in [6, 6.07) is 21.5. The highest BCUT2D eigenvalue weighted by molar-refractivity contribution is 6.30. The number of nitrogens with one attached hydrogen (secondary N) is 3. The van der Waals surface area contributed by atoms with E-state index in [1.165, 1.54) is 24.9 Å². The van der Waals surface area contributed by atoms with E-state index in [-0.39, 0.29) is 11.8 Å². The summed E-state index contributed by atoms with van der Waals surface area (Å²) in [5.74, 6) is -0.331. The van der Waals surface area contributed by atoms with Crippen LogP contribution >= 0.6 is 11.6 Å². The molecule has 3 aromatic carbocycles. The number of piperidine rings is 1. The van der Waals surface area contributed by atoms with E-state index in [1.807, 2.05) is 31.2 Å². The van der Waals surface area contributed by atoms with Gasteiger partial charge in [0.25, 0.3) is 5.91 Å². The maximum Gasteiger partial charge on any atom is 0.255 e. The first-order valence-electron chi connectivity index (χ1n) is 11.6. The van der Waals surface area contributed by atoms with Crippen molar-refractivity contribution in [2.45, 2.75) is 32.2 Å². The third kappa shape index (κ3) is 6.29. The van der Waals surface area contributed by atoms with Crippen molar-refractivity contribution in [1.82, 2.24) is 0 Å². The molecule has 2 amide bonds. The van der Waals surface area contributed by atoms with Crippen molar-refractivity contribution < 1.29 is 9.59 Å². The summed E-state index contributed by atoms with van der Waals surface area (Å²) in [4.78, 5) is 27.4. The van der Waals surface area contributed by atoms with Crippen LogP contribution in [-0.4, -0.2) is 30.9 Å². The molecule has 3 aromatic rings. The van der Waals surface area contributed by atoms with Crippen molar-refractivity contribution in [3.8, 4) is 0 Å². The Labute approximate surface area is 205 Å². The molecule has 1 saturated heterocycles. The molecule has 1 unspecified atom stereocenters. The fourth-order valence-corrected chi connectivity index (χ4v) is 4.05. The van der Waals surface area contributed by atoms with Crippen LogP contribution in [0.25, 0.3) is 0 Å². The number of rotatable bonds is 7. The Kier molecular flexibility index (Phi) is 7.70. The summed E-state index contributed by atoms with van der Waals surface area (Å²) in [5, 5.41) is 9.59. The van der Waals surface area contributed by atoms with Crippen LogP contribution in [0, 0.1) is 0 Å². The van der Waals surface area contributed by atoms with Gasteiger partial charge in [0, 0.05) is 46.4 Å². The van der Waals surface area contributed by atoms with E-state index < -0.39 is 6.04 Å². The number of hydrogen-bond donors (Lipinski definition) is 3. The van der Waals surface area contributed by atoms with Crippen LogP contribution in [0.1, 0.15) is 36.5 Å². The van der Waals surface area contributed by atoms with E-state index in [9.17, 15) is 9.59 Å². The Morgan fingerprint density at radius 3 is 1.97 bits per heavy atom. The van der Waals surface area contributed by atoms with Gasteiger partial charge in [-0.1, -0.05) is 11.6 Å². The first-order valence-corrected chi connectivity index (χ1v) is 12.0. The lowest BCUT2D eigenvalue weighted by Crippen LogP contribution is -2.32. The van der Waals surface area contributed by atoms with Crippen LogP contribution in [0.5, 0.6) is 0 Å². The molecule has 0 saturated carbocycles. The molecule has 1 heterocycles. The number of benzene rings is 3. The third-order valence-corrected chi connectivity index (χ3v) is 6.13. The predicted molar refractivity (Wildman–Crippen MR) is 140 cm³/mol. The van der Waals surface area contributed by atoms with Gasteiger partial charge in [0.1, 0.15) is 6.04 Å². The summed E-state index contributed by atoms with van der Waals surface area (Å²) in [6.45, 7) is 4.00. The van der Waals surface area contributed by atoms with Crippen LogP contribution in [0.15, 0.2) is 72.8 Å². The second-order valence-corrected chi connectivity index (χ2v) is 8.92. The van der Waals surface area contributed by atoms with Crippen molar-refractivity contribution in [3.05, 3.63) is 83.4 Å². The van der Waals surface area contributed by atoms with Gasteiger partial charge in [-0.05, 0) is 99.0 Å². The lowest BCUT2D eigenvalue weighted by molar-refractivity contribution is -0.116. The molecule has 1 fully saturated rings. The number of carbonyl (C=O) groups is 2. The molecule has 7 heteroatoms. The molecular weight excluding hydrogens is 448 g/mol. The monoisotopic (exact) mass is 476 g/mol. The van der Waals surface area contributed by atoms with Crippen molar-refractivity contribution in [1.29, 1.82) is 0 Å². The lowest BCUT2D eigenvalue weighted by Gasteiger charge is -2.28. The molecule has 0 aromatic heterocycles. The molecule has 0 spiro atoms. The summed E-state index contributed by atoms with van der Waals surface area (Å²) in [5.41, 5.74) is 3.96. The van der Waals surface area contributed by atoms with E-state index in [2.05, 4.69) is 33.0 Å². The fraction of sp³-hybridized carbons (Fsp3) is 0.259. The minimum Gasteiger partial charge on any atom is -0.374 e. The Morgan fingerprint density at radius 1 is 0.765 bits per heavy atom. The third-order valence-electron chi connectivity index (χ3n) is 5.88. The first-order chi connectivity index (χ1) is 16.5. The zero-order valence-corrected chi connectivity index (χ0v) is 19.9. The van der Waals surface area contributed by atoms with Crippen LogP contribution in [0.2, 0.25) is 5.02 Å². The van der Waals surface area contributed by atoms with Crippen LogP contribution < -0.4 is 20.9 Å². The van der Waals surface area contributed by atoms with E-state index >= 15 is 0 Å². The average molecular weight is 477 g/mol. The first kappa shape index (κ1) is 23.6. The van der Waals surface area contributed by atoms with Gasteiger partial charge < -0.3 is 20.9 Å². The van der Waals surface area contributed by atoms with Gasteiger partial charge in [-0.3, -0.25) is 9.59 Å². The van der Waals surface area contributed by atoms with Gasteiger partial charge in [-0.15, -0.1) is 0 Å². The van der Waals surface area contributed by atoms with Crippen molar-refractivity contribution in [2.75, 3.05) is 33.9 Å². The Morgan fingerprint density at radius 2 is 1.32 bits per heavy atom. The number of nitrogens with zero attached hydrogens (tertiary/aromatic N) is 1. The van der Waals surface area contributed by atoms with Gasteiger partial charge >= 0.3 is 0 Å². The number of amides is 2. The topological polar surface area (TPSA) is 73.5 Å². The zero-order valence-electron chi connectivity index (χ0n) is 19.2. The summed E-state index contributed by atoms with van der Waals surface area (Å²) >= 11 is 5.87. The standard InChI is InChI=1S/C27H29ClN4O2/c1-19(26(33)30-24-13-15-25(16-14-24)32-17-3-2-4-18-32)29-22-9-11-23(12-10-22)31-27(34)20-5-7-21(28)8-6-20/h5-16,19,29H,2-4,17-18H2,1H3,(H,30,33)(H,31,34). The number of anilines is 4. The smallest absolute Gasteiger partial charge is 0.255 e. The van der Waals surface area contributed by atoms with Crippen molar-refractivity contribution in [3.63, 3.8) is 0 Å². The highest BCUT2D eigenvalue weighted by atomic mass is 35.5. The van der Waals surface area contributed by atoms with Gasteiger partial charge in [-0.2, -0.15) is 0 Å². The minimum atomic E-state index is -0.434. The molecule has 3 N–H and O–H groups in total. The van der Waals surface area contributed by atoms with Crippen LogP contribution in [0.4, 0.5) is 22.7 Å². The van der Waals surface area contributed by atoms with E-state index in [1.54, 1.807) is 36.4 Å². The normalized spacial score (nSPS) is 14.2. The van der Waals surface area contributed by atoms with Gasteiger partial charge in [-0.25, -0.2) is 0 Å². The van der Waals surface area contributed by atoms with Gasteiger partial charge in [0.15, 0.2) is 0 Å². The van der Waals surface area contributed by atoms with Gasteiger partial charge in [0.05, 0.1) is 0 Å². The van der Waals surface area contributed by atoms with Crippen molar-refractivity contribution >= 4 is 46.2 Å². The number of halogens is 1. The SMILES string of the molecule is CC(Nc1ccc(NC(=O)c2ccc(Cl)cc2)cc1)C(=O)Nc1ccc(N2CCCCC2)cc1. The maximum atomic E-state index is 12.6. The Bertz CT molecular complexity index is 1110. The van der Waals surface area contributed by atoms with Gasteiger partial charge in [0.2, 0.25) is 5.91 Å². The largest absolute Gasteiger partial charge is 0.374 e. The summed E-state index contributed by atoms with van der Waals surface area (Å²) in [6.07, 6.45) is 3.77. The number of carbonyl (C=O) groups excluding carboxylic acids is 2. The van der Waals surface area contributed by atoms with Crippen LogP contribution in [-0.2, 0) is 4.79 Å². The molecule has 0 radical (unpaired) electrons. The second-order valence-electron chi connectivity index (χ2n) is 8.49. The summed E-state index contributed by atoms with van der Waals surface area (Å²) in [7, 11) is 0. The molecule has 1 aliphatic rings. The Hall–Kier alpha value is -3.51. The second kappa shape index (κ2) is 11.1. The molecule has 34 heavy (non-hydrogen) atoms. The molecular formula is C27H29ClN4O2. The molecule has 1 atom stereocenters. The van der Waals surface area contributed by atoms with E-state index in [4.69, 9.17) is 11.6 Å². The molecule has 0 aliphatic carbocycles. The minimum absolute atomic E-state index is 0.120. The van der Waals surface area contributed by atoms with Crippen LogP contribution in [0.3, 0.4) is 0 Å². The molecule has 0 bridgehead atoms. The molecule has 176 valence electrons. The molecule has 6 nitrogen and oxygen atoms in total. The zero-order chi connectivity index (χ0) is 23.9. The fourth-order valence-electron chi connectivity index (χ4n) is 3.93.